The van der Waals surface area contributed by atoms with Gasteiger partial charge in [-0.25, -0.2) is 0 Å². The summed E-state index contributed by atoms with van der Waals surface area (Å²) in [4.78, 5) is 5.47. The first-order chi connectivity index (χ1) is 8.07. The molecule has 0 spiro atoms. The Labute approximate surface area is 103 Å². The maximum Gasteiger partial charge on any atom is 0.132 e. The van der Waals surface area contributed by atoms with E-state index in [2.05, 4.69) is 50.2 Å². The predicted molar refractivity (Wildman–Crippen MR) is 71.9 cm³/mol. The number of hydrogen-bond donors (Lipinski definition) is 0. The molecule has 1 aromatic carbocycles. The van der Waals surface area contributed by atoms with Gasteiger partial charge in [-0.2, -0.15) is 0 Å². The highest BCUT2D eigenvalue weighted by Gasteiger charge is 2.29. The van der Waals surface area contributed by atoms with Crippen LogP contribution in [-0.2, 0) is 4.84 Å². The van der Waals surface area contributed by atoms with E-state index in [1.54, 1.807) is 0 Å². The largest absolute Gasteiger partial charge is 0.390 e. The van der Waals surface area contributed by atoms with Crippen LogP contribution in [0, 0.1) is 5.92 Å². The Morgan fingerprint density at radius 3 is 2.59 bits per heavy atom. The lowest BCUT2D eigenvalue weighted by molar-refractivity contribution is -0.0372. The van der Waals surface area contributed by atoms with Gasteiger partial charge in [-0.05, 0) is 31.9 Å². The van der Waals surface area contributed by atoms with Crippen molar-refractivity contribution in [3.8, 4) is 0 Å². The van der Waals surface area contributed by atoms with E-state index in [0.29, 0.717) is 5.92 Å². The van der Waals surface area contributed by atoms with Crippen LogP contribution in [-0.4, -0.2) is 11.3 Å². The fourth-order valence-electron chi connectivity index (χ4n) is 2.09. The fourth-order valence-corrected chi connectivity index (χ4v) is 2.09. The summed E-state index contributed by atoms with van der Waals surface area (Å²) in [6.07, 6.45) is 5.14. The zero-order valence-electron chi connectivity index (χ0n) is 10.7. The molecule has 0 saturated carbocycles. The lowest BCUT2D eigenvalue weighted by atomic mass is 9.90. The van der Waals surface area contributed by atoms with Crippen LogP contribution in [0.4, 0.5) is 0 Å². The van der Waals surface area contributed by atoms with Gasteiger partial charge in [0.05, 0.1) is 5.71 Å². The van der Waals surface area contributed by atoms with Gasteiger partial charge in [-0.3, -0.25) is 0 Å². The molecular weight excluding hydrogens is 210 g/mol. The summed E-state index contributed by atoms with van der Waals surface area (Å²) in [7, 11) is 0. The predicted octanol–water partition coefficient (Wildman–Crippen LogP) is 3.89. The Bertz CT molecular complexity index is 431. The van der Waals surface area contributed by atoms with E-state index in [1.165, 1.54) is 5.56 Å². The minimum Gasteiger partial charge on any atom is -0.390 e. The number of oxime groups is 1. The summed E-state index contributed by atoms with van der Waals surface area (Å²) in [5, 5.41) is 4.21. The van der Waals surface area contributed by atoms with Crippen molar-refractivity contribution < 1.29 is 4.84 Å². The minimum absolute atomic E-state index is 0.135. The third-order valence-corrected chi connectivity index (χ3v) is 2.95. The van der Waals surface area contributed by atoms with Gasteiger partial charge in [0.2, 0.25) is 0 Å². The van der Waals surface area contributed by atoms with E-state index >= 15 is 0 Å². The first-order valence-corrected chi connectivity index (χ1v) is 6.06. The van der Waals surface area contributed by atoms with E-state index in [-0.39, 0.29) is 5.60 Å². The average molecular weight is 229 g/mol. The van der Waals surface area contributed by atoms with E-state index in [4.69, 9.17) is 4.84 Å². The SMILES string of the molecule is CC1CC(C)(C)ON=C1C=Cc1ccccc1. The number of allylic oxidation sites excluding steroid dienone is 1. The Balaban J connectivity index is 2.10. The van der Waals surface area contributed by atoms with Gasteiger partial charge in [0.15, 0.2) is 0 Å². The molecule has 1 unspecified atom stereocenters. The lowest BCUT2D eigenvalue weighted by Gasteiger charge is -2.30. The standard InChI is InChI=1S/C15H19NO/c1-12-11-15(2,3)17-16-14(12)10-9-13-7-5-4-6-8-13/h4-10,12H,11H2,1-3H3. The van der Waals surface area contributed by atoms with Gasteiger partial charge < -0.3 is 4.84 Å². The molecule has 1 aromatic rings. The average Bonchev–Trinajstić information content (AvgIpc) is 2.28. The highest BCUT2D eigenvalue weighted by molar-refractivity contribution is 5.99. The molecule has 1 aliphatic heterocycles. The molecule has 0 N–H and O–H groups in total. The molecule has 2 rings (SSSR count). The Kier molecular flexibility index (Phi) is 3.32. The van der Waals surface area contributed by atoms with Crippen LogP contribution in [0.15, 0.2) is 41.6 Å². The second kappa shape index (κ2) is 4.74. The van der Waals surface area contributed by atoms with Crippen LogP contribution in [0.1, 0.15) is 32.8 Å². The first-order valence-electron chi connectivity index (χ1n) is 6.06. The third kappa shape index (κ3) is 3.19. The summed E-state index contributed by atoms with van der Waals surface area (Å²) in [5.74, 6) is 0.443. The molecular formula is C15H19NO. The molecule has 0 saturated heterocycles. The summed E-state index contributed by atoms with van der Waals surface area (Å²) >= 11 is 0. The van der Waals surface area contributed by atoms with E-state index in [1.807, 2.05) is 18.2 Å². The van der Waals surface area contributed by atoms with Crippen LogP contribution in [0.5, 0.6) is 0 Å². The third-order valence-electron chi connectivity index (χ3n) is 2.95. The lowest BCUT2D eigenvalue weighted by Crippen LogP contribution is -2.32. The smallest absolute Gasteiger partial charge is 0.132 e. The highest BCUT2D eigenvalue weighted by atomic mass is 16.6. The summed E-state index contributed by atoms with van der Waals surface area (Å²) in [6.45, 7) is 6.34. The molecule has 2 heteroatoms. The van der Waals surface area contributed by atoms with Gasteiger partial charge in [0.1, 0.15) is 5.60 Å². The monoisotopic (exact) mass is 229 g/mol. The first kappa shape index (κ1) is 11.9. The van der Waals surface area contributed by atoms with E-state index in [0.717, 1.165) is 12.1 Å². The van der Waals surface area contributed by atoms with Crippen molar-refractivity contribution in [3.63, 3.8) is 0 Å². The number of rotatable bonds is 2. The topological polar surface area (TPSA) is 21.6 Å². The van der Waals surface area contributed by atoms with Crippen LogP contribution in [0.25, 0.3) is 6.08 Å². The van der Waals surface area contributed by atoms with Crippen LogP contribution in [0.2, 0.25) is 0 Å². The van der Waals surface area contributed by atoms with Gasteiger partial charge in [-0.15, -0.1) is 0 Å². The second-order valence-electron chi connectivity index (χ2n) is 5.22. The van der Waals surface area contributed by atoms with Crippen molar-refractivity contribution in [3.05, 3.63) is 42.0 Å². The Hall–Kier alpha value is -1.57. The number of nitrogens with zero attached hydrogens (tertiary/aromatic N) is 1. The van der Waals surface area contributed by atoms with Crippen molar-refractivity contribution in [1.82, 2.24) is 0 Å². The van der Waals surface area contributed by atoms with Crippen molar-refractivity contribution in [2.24, 2.45) is 11.1 Å². The van der Waals surface area contributed by atoms with Gasteiger partial charge in [-0.1, -0.05) is 48.5 Å². The molecule has 0 radical (unpaired) electrons. The number of benzene rings is 1. The molecule has 1 heterocycles. The normalized spacial score (nSPS) is 23.2. The summed E-state index contributed by atoms with van der Waals surface area (Å²) in [6, 6.07) is 10.2. The summed E-state index contributed by atoms with van der Waals surface area (Å²) < 4.78 is 0. The second-order valence-corrected chi connectivity index (χ2v) is 5.22. The zero-order chi connectivity index (χ0) is 12.3. The van der Waals surface area contributed by atoms with Gasteiger partial charge >= 0.3 is 0 Å². The maximum absolute atomic E-state index is 5.47. The van der Waals surface area contributed by atoms with Crippen LogP contribution in [0.3, 0.4) is 0 Å². The van der Waals surface area contributed by atoms with Crippen molar-refractivity contribution in [2.75, 3.05) is 0 Å². The molecule has 0 bridgehead atoms. The molecule has 90 valence electrons. The molecule has 0 aromatic heterocycles. The van der Waals surface area contributed by atoms with Crippen molar-refractivity contribution in [1.29, 1.82) is 0 Å². The van der Waals surface area contributed by atoms with Crippen molar-refractivity contribution >= 4 is 11.8 Å². The highest BCUT2D eigenvalue weighted by Crippen LogP contribution is 2.27. The molecule has 1 atom stereocenters. The summed E-state index contributed by atoms with van der Waals surface area (Å²) in [5.41, 5.74) is 2.07. The van der Waals surface area contributed by atoms with E-state index < -0.39 is 0 Å². The molecule has 0 amide bonds. The molecule has 17 heavy (non-hydrogen) atoms. The van der Waals surface area contributed by atoms with Crippen molar-refractivity contribution in [2.45, 2.75) is 32.8 Å². The van der Waals surface area contributed by atoms with Gasteiger partial charge in [0, 0.05) is 5.92 Å². The maximum atomic E-state index is 5.47. The molecule has 2 nitrogen and oxygen atoms in total. The minimum atomic E-state index is -0.135. The zero-order valence-corrected chi connectivity index (χ0v) is 10.7. The Morgan fingerprint density at radius 2 is 1.94 bits per heavy atom. The quantitative estimate of drug-likeness (QED) is 0.754. The van der Waals surface area contributed by atoms with Gasteiger partial charge in [0.25, 0.3) is 0 Å². The van der Waals surface area contributed by atoms with Crippen LogP contribution >= 0.6 is 0 Å². The van der Waals surface area contributed by atoms with Crippen LogP contribution < -0.4 is 0 Å². The fraction of sp³-hybridized carbons (Fsp3) is 0.400. The molecule has 0 fully saturated rings. The molecule has 1 aliphatic rings. The van der Waals surface area contributed by atoms with E-state index in [9.17, 15) is 0 Å². The molecule has 0 aliphatic carbocycles. The Morgan fingerprint density at radius 1 is 1.24 bits per heavy atom. The number of hydrogen-bond acceptors (Lipinski definition) is 2.